The number of allylic oxidation sites excluding steroid dienone is 1. The van der Waals surface area contributed by atoms with Crippen molar-refractivity contribution in [1.82, 2.24) is 0 Å². The van der Waals surface area contributed by atoms with E-state index in [1.165, 1.54) is 63.5 Å². The first-order chi connectivity index (χ1) is 11.2. The molecule has 0 heterocycles. The second kappa shape index (κ2) is 9.20. The first-order valence-electron chi connectivity index (χ1n) is 9.21. The van der Waals surface area contributed by atoms with Gasteiger partial charge in [0.25, 0.3) is 0 Å². The topological polar surface area (TPSA) is 0 Å². The minimum absolute atomic E-state index is 0.277. The Morgan fingerprint density at radius 2 is 1.87 bits per heavy atom. The highest BCUT2D eigenvalue weighted by molar-refractivity contribution is 5.23. The zero-order chi connectivity index (χ0) is 16.7. The van der Waals surface area contributed by atoms with Crippen LogP contribution in [-0.2, 0) is 0 Å². The maximum atomic E-state index is 13.6. The summed E-state index contributed by atoms with van der Waals surface area (Å²) in [6.45, 7) is 6.11. The minimum Gasteiger partial charge on any atom is -0.204 e. The van der Waals surface area contributed by atoms with Crippen LogP contribution in [0.2, 0.25) is 0 Å². The third-order valence-electron chi connectivity index (χ3n) is 5.47. The summed E-state index contributed by atoms with van der Waals surface area (Å²) in [6, 6.07) is 4.40. The van der Waals surface area contributed by atoms with E-state index >= 15 is 0 Å². The van der Waals surface area contributed by atoms with Crippen LogP contribution in [0, 0.1) is 23.5 Å². The van der Waals surface area contributed by atoms with Crippen molar-refractivity contribution in [3.63, 3.8) is 0 Å². The first kappa shape index (κ1) is 18.2. The van der Waals surface area contributed by atoms with Gasteiger partial charge < -0.3 is 0 Å². The van der Waals surface area contributed by atoms with Crippen molar-refractivity contribution in [2.75, 3.05) is 0 Å². The average Bonchev–Trinajstić information content (AvgIpc) is 2.56. The molecule has 1 atom stereocenters. The van der Waals surface area contributed by atoms with E-state index in [1.807, 2.05) is 6.08 Å². The van der Waals surface area contributed by atoms with E-state index in [2.05, 4.69) is 13.5 Å². The zero-order valence-corrected chi connectivity index (χ0v) is 14.4. The van der Waals surface area contributed by atoms with Crippen LogP contribution in [0.4, 0.5) is 8.78 Å². The Morgan fingerprint density at radius 1 is 1.13 bits per heavy atom. The van der Waals surface area contributed by atoms with Gasteiger partial charge in [0, 0.05) is 0 Å². The van der Waals surface area contributed by atoms with Crippen molar-refractivity contribution in [2.24, 2.45) is 11.8 Å². The van der Waals surface area contributed by atoms with Crippen LogP contribution in [0.5, 0.6) is 0 Å². The van der Waals surface area contributed by atoms with E-state index in [9.17, 15) is 8.78 Å². The number of halogens is 2. The Kier molecular flexibility index (Phi) is 7.26. The van der Waals surface area contributed by atoms with Gasteiger partial charge in [-0.15, -0.1) is 6.58 Å². The van der Waals surface area contributed by atoms with Gasteiger partial charge in [-0.25, -0.2) is 8.78 Å². The molecule has 0 aliphatic heterocycles. The van der Waals surface area contributed by atoms with Gasteiger partial charge in [0.1, 0.15) is 0 Å². The largest absolute Gasteiger partial charge is 0.204 e. The molecule has 2 rings (SSSR count). The quantitative estimate of drug-likeness (QED) is 0.357. The van der Waals surface area contributed by atoms with Gasteiger partial charge in [0.15, 0.2) is 11.6 Å². The van der Waals surface area contributed by atoms with Crippen LogP contribution >= 0.6 is 0 Å². The Bertz CT molecular complexity index is 487. The molecule has 0 saturated heterocycles. The van der Waals surface area contributed by atoms with E-state index in [0.29, 0.717) is 5.92 Å². The van der Waals surface area contributed by atoms with E-state index in [0.717, 1.165) is 17.9 Å². The summed E-state index contributed by atoms with van der Waals surface area (Å²) in [4.78, 5) is 0. The zero-order valence-electron chi connectivity index (χ0n) is 14.4. The summed E-state index contributed by atoms with van der Waals surface area (Å²) in [6.07, 6.45) is 13.1. The van der Waals surface area contributed by atoms with Gasteiger partial charge in [-0.05, 0) is 54.7 Å². The molecule has 0 spiro atoms. The van der Waals surface area contributed by atoms with Crippen molar-refractivity contribution >= 4 is 0 Å². The second-order valence-corrected chi connectivity index (χ2v) is 7.08. The van der Waals surface area contributed by atoms with Gasteiger partial charge >= 0.3 is 0 Å². The van der Waals surface area contributed by atoms with Crippen LogP contribution in [0.15, 0.2) is 30.9 Å². The van der Waals surface area contributed by atoms with Gasteiger partial charge in [0.2, 0.25) is 0 Å². The molecular weight excluding hydrogens is 290 g/mol. The first-order valence-corrected chi connectivity index (χ1v) is 9.21. The van der Waals surface area contributed by atoms with Crippen LogP contribution in [-0.4, -0.2) is 0 Å². The van der Waals surface area contributed by atoms with E-state index in [1.54, 1.807) is 6.07 Å². The normalized spacial score (nSPS) is 22.7. The predicted octanol–water partition coefficient (Wildman–Crippen LogP) is 7.01. The molecule has 0 nitrogen and oxygen atoms in total. The fourth-order valence-electron chi connectivity index (χ4n) is 4.09. The lowest BCUT2D eigenvalue weighted by Gasteiger charge is -2.34. The molecule has 1 unspecified atom stereocenters. The lowest BCUT2D eigenvalue weighted by atomic mass is 9.71. The van der Waals surface area contributed by atoms with Crippen molar-refractivity contribution in [3.8, 4) is 0 Å². The molecule has 0 bridgehead atoms. The highest BCUT2D eigenvalue weighted by Gasteiger charge is 2.28. The van der Waals surface area contributed by atoms with Crippen molar-refractivity contribution < 1.29 is 8.78 Å². The van der Waals surface area contributed by atoms with E-state index in [4.69, 9.17) is 0 Å². The molecule has 0 amide bonds. The second-order valence-electron chi connectivity index (χ2n) is 7.08. The average molecular weight is 320 g/mol. The number of rotatable bonds is 8. The molecule has 0 radical (unpaired) electrons. The van der Waals surface area contributed by atoms with E-state index < -0.39 is 11.6 Å². The predicted molar refractivity (Wildman–Crippen MR) is 93.5 cm³/mol. The van der Waals surface area contributed by atoms with Crippen LogP contribution in [0.3, 0.4) is 0 Å². The molecule has 23 heavy (non-hydrogen) atoms. The molecule has 128 valence electrons. The standard InChI is InChI=1S/C21H30F2/c1-3-5-6-8-16-9-11-17(12-10-16)19(7-4-2)18-13-14-20(22)21(23)15-18/h4,13-17,19H,2-3,5-12H2,1H3. The summed E-state index contributed by atoms with van der Waals surface area (Å²) < 4.78 is 26.8. The molecule has 1 saturated carbocycles. The van der Waals surface area contributed by atoms with Gasteiger partial charge in [-0.3, -0.25) is 0 Å². The van der Waals surface area contributed by atoms with Crippen molar-refractivity contribution in [1.29, 1.82) is 0 Å². The maximum Gasteiger partial charge on any atom is 0.159 e. The van der Waals surface area contributed by atoms with Crippen molar-refractivity contribution in [2.45, 2.75) is 70.6 Å². The Balaban J connectivity index is 1.96. The number of benzene rings is 1. The summed E-state index contributed by atoms with van der Waals surface area (Å²) in [5.41, 5.74) is 0.929. The third-order valence-corrected chi connectivity index (χ3v) is 5.47. The fourth-order valence-corrected chi connectivity index (χ4v) is 4.09. The summed E-state index contributed by atoms with van der Waals surface area (Å²) in [5.74, 6) is 0.224. The maximum absolute atomic E-state index is 13.6. The fraction of sp³-hybridized carbons (Fsp3) is 0.619. The lowest BCUT2D eigenvalue weighted by Crippen LogP contribution is -2.20. The van der Waals surface area contributed by atoms with Gasteiger partial charge in [-0.1, -0.05) is 57.6 Å². The van der Waals surface area contributed by atoms with Crippen molar-refractivity contribution in [3.05, 3.63) is 48.1 Å². The molecule has 1 fully saturated rings. The van der Waals surface area contributed by atoms with Gasteiger partial charge in [0.05, 0.1) is 0 Å². The molecule has 0 N–H and O–H groups in total. The van der Waals surface area contributed by atoms with Gasteiger partial charge in [-0.2, -0.15) is 0 Å². The molecular formula is C21H30F2. The highest BCUT2D eigenvalue weighted by Crippen LogP contribution is 2.41. The summed E-state index contributed by atoms with van der Waals surface area (Å²) >= 11 is 0. The van der Waals surface area contributed by atoms with E-state index in [-0.39, 0.29) is 5.92 Å². The Labute approximate surface area is 140 Å². The summed E-state index contributed by atoms with van der Waals surface area (Å²) in [5, 5.41) is 0. The van der Waals surface area contributed by atoms with Crippen LogP contribution < -0.4 is 0 Å². The number of hydrogen-bond acceptors (Lipinski definition) is 0. The molecule has 2 heteroatoms. The highest BCUT2D eigenvalue weighted by atomic mass is 19.2. The summed E-state index contributed by atoms with van der Waals surface area (Å²) in [7, 11) is 0. The SMILES string of the molecule is C=CCC(c1ccc(F)c(F)c1)C1CCC(CCCCC)CC1. The third kappa shape index (κ3) is 5.16. The minimum atomic E-state index is -0.759. The van der Waals surface area contributed by atoms with Crippen LogP contribution in [0.25, 0.3) is 0 Å². The number of hydrogen-bond donors (Lipinski definition) is 0. The molecule has 1 aliphatic carbocycles. The molecule has 1 aliphatic rings. The Hall–Kier alpha value is -1.18. The smallest absolute Gasteiger partial charge is 0.159 e. The molecule has 1 aromatic rings. The molecule has 0 aromatic heterocycles. The molecule has 1 aromatic carbocycles. The number of unbranched alkanes of at least 4 members (excludes halogenated alkanes) is 2. The monoisotopic (exact) mass is 320 g/mol. The van der Waals surface area contributed by atoms with Crippen LogP contribution in [0.1, 0.15) is 76.2 Å². The lowest BCUT2D eigenvalue weighted by molar-refractivity contribution is 0.230. The Morgan fingerprint density at radius 3 is 2.48 bits per heavy atom.